The number of hydrogen-bond acceptors (Lipinski definition) is 2. The second kappa shape index (κ2) is 4.36. The van der Waals surface area contributed by atoms with Gasteiger partial charge in [-0.05, 0) is 29.3 Å². The Hall–Kier alpha value is -1.48. The SMILES string of the molecule is Fc1nccc(CCl)c1-c1ccncc1. The first-order valence-corrected chi connectivity index (χ1v) is 4.96. The summed E-state index contributed by atoms with van der Waals surface area (Å²) in [6.07, 6.45) is 4.64. The summed E-state index contributed by atoms with van der Waals surface area (Å²) in [6, 6.07) is 5.18. The molecule has 0 saturated heterocycles. The summed E-state index contributed by atoms with van der Waals surface area (Å²) in [5.41, 5.74) is 1.93. The molecule has 0 bridgehead atoms. The molecule has 0 amide bonds. The molecule has 0 unspecified atom stereocenters. The Morgan fingerprint density at radius 1 is 1.13 bits per heavy atom. The molecule has 4 heteroatoms. The smallest absolute Gasteiger partial charge is 0.221 e. The molecule has 2 heterocycles. The molecular formula is C11H8ClFN2. The van der Waals surface area contributed by atoms with Crippen molar-refractivity contribution in [2.24, 2.45) is 0 Å². The highest BCUT2D eigenvalue weighted by Crippen LogP contribution is 2.25. The molecule has 0 radical (unpaired) electrons. The Morgan fingerprint density at radius 3 is 2.53 bits per heavy atom. The van der Waals surface area contributed by atoms with Crippen LogP contribution in [0.15, 0.2) is 36.8 Å². The van der Waals surface area contributed by atoms with E-state index in [0.29, 0.717) is 5.56 Å². The van der Waals surface area contributed by atoms with Gasteiger partial charge >= 0.3 is 0 Å². The van der Waals surface area contributed by atoms with Crippen LogP contribution in [0.25, 0.3) is 11.1 Å². The Labute approximate surface area is 91.8 Å². The molecule has 0 aromatic carbocycles. The average molecular weight is 223 g/mol. The predicted molar refractivity (Wildman–Crippen MR) is 57.0 cm³/mol. The lowest BCUT2D eigenvalue weighted by Crippen LogP contribution is -1.94. The van der Waals surface area contributed by atoms with Crippen LogP contribution < -0.4 is 0 Å². The van der Waals surface area contributed by atoms with Crippen LogP contribution in [-0.4, -0.2) is 9.97 Å². The zero-order valence-corrected chi connectivity index (χ0v) is 8.58. The van der Waals surface area contributed by atoms with Crippen molar-refractivity contribution in [1.82, 2.24) is 9.97 Å². The van der Waals surface area contributed by atoms with Crippen molar-refractivity contribution in [2.45, 2.75) is 5.88 Å². The number of aromatic nitrogens is 2. The molecule has 2 nitrogen and oxygen atoms in total. The van der Waals surface area contributed by atoms with E-state index in [1.54, 1.807) is 30.6 Å². The van der Waals surface area contributed by atoms with Crippen LogP contribution in [0.2, 0.25) is 0 Å². The maximum Gasteiger partial charge on any atom is 0.221 e. The number of rotatable bonds is 2. The summed E-state index contributed by atoms with van der Waals surface area (Å²) in [7, 11) is 0. The third kappa shape index (κ3) is 1.97. The average Bonchev–Trinajstić information content (AvgIpc) is 2.29. The first-order chi connectivity index (χ1) is 7.33. The lowest BCUT2D eigenvalue weighted by atomic mass is 10.0. The van der Waals surface area contributed by atoms with Gasteiger partial charge in [0, 0.05) is 30.0 Å². The topological polar surface area (TPSA) is 25.8 Å². The van der Waals surface area contributed by atoms with Gasteiger partial charge in [-0.3, -0.25) is 4.98 Å². The lowest BCUT2D eigenvalue weighted by molar-refractivity contribution is 0.586. The van der Waals surface area contributed by atoms with Crippen molar-refractivity contribution in [3.8, 4) is 11.1 Å². The molecule has 0 aliphatic carbocycles. The quantitative estimate of drug-likeness (QED) is 0.577. The molecule has 0 spiro atoms. The predicted octanol–water partition coefficient (Wildman–Crippen LogP) is 3.02. The maximum atomic E-state index is 13.5. The number of nitrogens with zero attached hydrogens (tertiary/aromatic N) is 2. The van der Waals surface area contributed by atoms with Crippen molar-refractivity contribution in [2.75, 3.05) is 0 Å². The van der Waals surface area contributed by atoms with Gasteiger partial charge in [-0.25, -0.2) is 4.98 Å². The van der Waals surface area contributed by atoms with E-state index in [1.165, 1.54) is 6.20 Å². The van der Waals surface area contributed by atoms with Gasteiger partial charge in [0.2, 0.25) is 5.95 Å². The van der Waals surface area contributed by atoms with E-state index < -0.39 is 5.95 Å². The van der Waals surface area contributed by atoms with E-state index in [9.17, 15) is 4.39 Å². The van der Waals surface area contributed by atoms with Crippen molar-refractivity contribution < 1.29 is 4.39 Å². The van der Waals surface area contributed by atoms with Gasteiger partial charge in [-0.2, -0.15) is 4.39 Å². The van der Waals surface area contributed by atoms with Crippen LogP contribution in [0.3, 0.4) is 0 Å². The third-order valence-corrected chi connectivity index (χ3v) is 2.39. The number of alkyl halides is 1. The molecule has 15 heavy (non-hydrogen) atoms. The van der Waals surface area contributed by atoms with Gasteiger partial charge in [-0.1, -0.05) is 0 Å². The Bertz CT molecular complexity index is 459. The Balaban J connectivity index is 2.61. The molecule has 0 aliphatic heterocycles. The van der Waals surface area contributed by atoms with E-state index in [1.807, 2.05) is 0 Å². The molecular weight excluding hydrogens is 215 g/mol. The van der Waals surface area contributed by atoms with Crippen LogP contribution >= 0.6 is 11.6 Å². The van der Waals surface area contributed by atoms with Crippen LogP contribution in [0.1, 0.15) is 5.56 Å². The van der Waals surface area contributed by atoms with Crippen LogP contribution in [-0.2, 0) is 5.88 Å². The minimum atomic E-state index is -0.501. The highest BCUT2D eigenvalue weighted by Gasteiger charge is 2.10. The van der Waals surface area contributed by atoms with Gasteiger partial charge in [-0.15, -0.1) is 11.6 Å². The standard InChI is InChI=1S/C11H8ClFN2/c12-7-9-3-6-15-11(13)10(9)8-1-4-14-5-2-8/h1-6H,7H2. The lowest BCUT2D eigenvalue weighted by Gasteiger charge is -2.06. The summed E-state index contributed by atoms with van der Waals surface area (Å²) in [5.74, 6) is -0.240. The zero-order chi connectivity index (χ0) is 10.7. The van der Waals surface area contributed by atoms with E-state index in [4.69, 9.17) is 11.6 Å². The van der Waals surface area contributed by atoms with Gasteiger partial charge in [0.15, 0.2) is 0 Å². The van der Waals surface area contributed by atoms with Crippen molar-refractivity contribution in [3.63, 3.8) is 0 Å². The summed E-state index contributed by atoms with van der Waals surface area (Å²) in [5, 5.41) is 0. The minimum absolute atomic E-state index is 0.261. The van der Waals surface area contributed by atoms with Crippen molar-refractivity contribution >= 4 is 11.6 Å². The minimum Gasteiger partial charge on any atom is -0.265 e. The summed E-state index contributed by atoms with van der Waals surface area (Å²) in [4.78, 5) is 7.50. The zero-order valence-electron chi connectivity index (χ0n) is 7.82. The highest BCUT2D eigenvalue weighted by atomic mass is 35.5. The Kier molecular flexibility index (Phi) is 2.92. The Morgan fingerprint density at radius 2 is 1.87 bits per heavy atom. The molecule has 2 aromatic heterocycles. The molecule has 0 saturated carbocycles. The van der Waals surface area contributed by atoms with Crippen LogP contribution in [0.4, 0.5) is 4.39 Å². The maximum absolute atomic E-state index is 13.5. The molecule has 0 fully saturated rings. The summed E-state index contributed by atoms with van der Waals surface area (Å²) in [6.45, 7) is 0. The first kappa shape index (κ1) is 10.1. The molecule has 0 N–H and O–H groups in total. The molecule has 0 aliphatic rings. The van der Waals surface area contributed by atoms with Gasteiger partial charge < -0.3 is 0 Å². The van der Waals surface area contributed by atoms with E-state index >= 15 is 0 Å². The van der Waals surface area contributed by atoms with E-state index in [0.717, 1.165) is 11.1 Å². The third-order valence-electron chi connectivity index (χ3n) is 2.10. The van der Waals surface area contributed by atoms with Crippen molar-refractivity contribution in [1.29, 1.82) is 0 Å². The molecule has 2 rings (SSSR count). The van der Waals surface area contributed by atoms with Crippen LogP contribution in [0, 0.1) is 5.95 Å². The fourth-order valence-corrected chi connectivity index (χ4v) is 1.63. The van der Waals surface area contributed by atoms with Crippen molar-refractivity contribution in [3.05, 3.63) is 48.3 Å². The van der Waals surface area contributed by atoms with Gasteiger partial charge in [0.05, 0.1) is 0 Å². The number of pyridine rings is 2. The fraction of sp³-hybridized carbons (Fsp3) is 0.0909. The number of halogens is 2. The summed E-state index contributed by atoms with van der Waals surface area (Å²) < 4.78 is 13.5. The second-order valence-corrected chi connectivity index (χ2v) is 3.27. The molecule has 76 valence electrons. The van der Waals surface area contributed by atoms with Gasteiger partial charge in [0.25, 0.3) is 0 Å². The van der Waals surface area contributed by atoms with Crippen LogP contribution in [0.5, 0.6) is 0 Å². The second-order valence-electron chi connectivity index (χ2n) is 3.01. The van der Waals surface area contributed by atoms with E-state index in [-0.39, 0.29) is 5.88 Å². The van der Waals surface area contributed by atoms with E-state index in [2.05, 4.69) is 9.97 Å². The molecule has 2 aromatic rings. The summed E-state index contributed by atoms with van der Waals surface area (Å²) >= 11 is 5.74. The fourth-order valence-electron chi connectivity index (χ4n) is 1.41. The monoisotopic (exact) mass is 222 g/mol. The first-order valence-electron chi connectivity index (χ1n) is 4.42. The number of hydrogen-bond donors (Lipinski definition) is 0. The highest BCUT2D eigenvalue weighted by molar-refractivity contribution is 6.17. The largest absolute Gasteiger partial charge is 0.265 e. The molecule has 0 atom stereocenters. The normalized spacial score (nSPS) is 10.3. The van der Waals surface area contributed by atoms with Gasteiger partial charge in [0.1, 0.15) is 0 Å².